The summed E-state index contributed by atoms with van der Waals surface area (Å²) in [6.07, 6.45) is 0. The molecule has 0 atom stereocenters. The Balaban J connectivity index is 2.15. The van der Waals surface area contributed by atoms with Crippen LogP contribution in [-0.4, -0.2) is 9.55 Å². The average molecular weight is 349 g/mol. The Kier molecular flexibility index (Phi) is 4.16. The number of hydrogen-bond donors (Lipinski definition) is 1. The van der Waals surface area contributed by atoms with E-state index in [4.69, 9.17) is 35.4 Å². The number of hydrogen-bond acceptors (Lipinski definition) is 2. The second kappa shape index (κ2) is 6.08. The van der Waals surface area contributed by atoms with Crippen LogP contribution in [0.5, 0.6) is 0 Å². The maximum atomic E-state index is 12.4. The number of halogens is 2. The van der Waals surface area contributed by atoms with Crippen LogP contribution in [0.2, 0.25) is 10.0 Å². The SMILES string of the molecule is O=c1cc(-c2cccc(Cl)c2)[nH]c(=S)n1-c1ccc(Cl)cc1. The molecule has 6 heteroatoms. The number of nitrogens with one attached hydrogen (secondary N) is 1. The lowest BCUT2D eigenvalue weighted by Gasteiger charge is -2.08. The van der Waals surface area contributed by atoms with Crippen LogP contribution in [0.3, 0.4) is 0 Å². The Bertz CT molecular complexity index is 914. The summed E-state index contributed by atoms with van der Waals surface area (Å²) in [6, 6.07) is 15.6. The molecule has 1 aromatic heterocycles. The highest BCUT2D eigenvalue weighted by Crippen LogP contribution is 2.20. The smallest absolute Gasteiger partial charge is 0.259 e. The van der Waals surface area contributed by atoms with Gasteiger partial charge in [-0.05, 0) is 54.2 Å². The third-order valence-electron chi connectivity index (χ3n) is 3.15. The van der Waals surface area contributed by atoms with Crippen LogP contribution in [0, 0.1) is 4.77 Å². The van der Waals surface area contributed by atoms with E-state index in [0.717, 1.165) is 5.56 Å². The Morgan fingerprint density at radius 1 is 0.955 bits per heavy atom. The average Bonchev–Trinajstić information content (AvgIpc) is 2.48. The summed E-state index contributed by atoms with van der Waals surface area (Å²) >= 11 is 17.2. The molecule has 1 N–H and O–H groups in total. The van der Waals surface area contributed by atoms with Gasteiger partial charge in [0.2, 0.25) is 0 Å². The Morgan fingerprint density at radius 2 is 1.68 bits per heavy atom. The normalized spacial score (nSPS) is 10.6. The highest BCUT2D eigenvalue weighted by Gasteiger charge is 2.06. The summed E-state index contributed by atoms with van der Waals surface area (Å²) < 4.78 is 1.73. The van der Waals surface area contributed by atoms with Crippen molar-refractivity contribution in [1.29, 1.82) is 0 Å². The van der Waals surface area contributed by atoms with Crippen molar-refractivity contribution in [3.05, 3.63) is 79.8 Å². The summed E-state index contributed by atoms with van der Waals surface area (Å²) in [7, 11) is 0. The quantitative estimate of drug-likeness (QED) is 0.671. The van der Waals surface area contributed by atoms with Crippen molar-refractivity contribution in [3.63, 3.8) is 0 Å². The zero-order valence-electron chi connectivity index (χ0n) is 11.2. The molecule has 0 radical (unpaired) electrons. The van der Waals surface area contributed by atoms with Gasteiger partial charge in [0.25, 0.3) is 5.56 Å². The third kappa shape index (κ3) is 2.99. The summed E-state index contributed by atoms with van der Waals surface area (Å²) in [4.78, 5) is 15.5. The Morgan fingerprint density at radius 3 is 2.32 bits per heavy atom. The van der Waals surface area contributed by atoms with E-state index in [-0.39, 0.29) is 5.56 Å². The lowest BCUT2D eigenvalue weighted by Crippen LogP contribution is -2.19. The van der Waals surface area contributed by atoms with Gasteiger partial charge in [-0.15, -0.1) is 0 Å². The van der Waals surface area contributed by atoms with Crippen molar-refractivity contribution >= 4 is 35.4 Å². The van der Waals surface area contributed by atoms with E-state index in [1.807, 2.05) is 12.1 Å². The summed E-state index contributed by atoms with van der Waals surface area (Å²) in [5.74, 6) is 0. The molecule has 0 saturated carbocycles. The molecule has 0 aliphatic carbocycles. The third-order valence-corrected chi connectivity index (χ3v) is 3.93. The van der Waals surface area contributed by atoms with Crippen molar-refractivity contribution in [2.75, 3.05) is 0 Å². The fraction of sp³-hybridized carbons (Fsp3) is 0. The number of benzene rings is 2. The van der Waals surface area contributed by atoms with E-state index < -0.39 is 0 Å². The second-order valence-electron chi connectivity index (χ2n) is 4.65. The number of nitrogens with zero attached hydrogens (tertiary/aromatic N) is 1. The molecule has 0 amide bonds. The number of aromatic nitrogens is 2. The maximum absolute atomic E-state index is 12.4. The summed E-state index contributed by atoms with van der Waals surface area (Å²) in [6.45, 7) is 0. The Hall–Kier alpha value is -1.88. The van der Waals surface area contributed by atoms with Gasteiger partial charge in [-0.3, -0.25) is 9.36 Å². The van der Waals surface area contributed by atoms with Crippen molar-refractivity contribution in [1.82, 2.24) is 9.55 Å². The van der Waals surface area contributed by atoms with Gasteiger partial charge in [-0.25, -0.2) is 0 Å². The number of aromatic amines is 1. The van der Waals surface area contributed by atoms with Crippen LogP contribution in [-0.2, 0) is 0 Å². The first-order chi connectivity index (χ1) is 10.5. The first kappa shape index (κ1) is 15.0. The van der Waals surface area contributed by atoms with Crippen molar-refractivity contribution in [2.24, 2.45) is 0 Å². The molecule has 0 bridgehead atoms. The van der Waals surface area contributed by atoms with E-state index in [9.17, 15) is 4.79 Å². The fourth-order valence-electron chi connectivity index (χ4n) is 2.14. The van der Waals surface area contributed by atoms with Crippen LogP contribution >= 0.6 is 35.4 Å². The molecular weight excluding hydrogens is 339 g/mol. The molecule has 0 saturated heterocycles. The van der Waals surface area contributed by atoms with Crippen LogP contribution in [0.4, 0.5) is 0 Å². The number of H-pyrrole nitrogens is 1. The molecule has 0 unspecified atom stereocenters. The zero-order valence-corrected chi connectivity index (χ0v) is 13.5. The highest BCUT2D eigenvalue weighted by molar-refractivity contribution is 7.71. The van der Waals surface area contributed by atoms with Crippen LogP contribution in [0.1, 0.15) is 0 Å². The van der Waals surface area contributed by atoms with Crippen molar-refractivity contribution in [2.45, 2.75) is 0 Å². The van der Waals surface area contributed by atoms with E-state index in [0.29, 0.717) is 26.2 Å². The van der Waals surface area contributed by atoms with Crippen LogP contribution in [0.15, 0.2) is 59.4 Å². The molecule has 1 heterocycles. The predicted octanol–water partition coefficient (Wildman–Crippen LogP) is 4.87. The van der Waals surface area contributed by atoms with Gasteiger partial charge in [0.15, 0.2) is 4.77 Å². The molecule has 0 fully saturated rings. The van der Waals surface area contributed by atoms with Gasteiger partial charge in [-0.2, -0.15) is 0 Å². The largest absolute Gasteiger partial charge is 0.331 e. The summed E-state index contributed by atoms with van der Waals surface area (Å²) in [5, 5.41) is 1.20. The molecule has 3 nitrogen and oxygen atoms in total. The highest BCUT2D eigenvalue weighted by atomic mass is 35.5. The molecule has 2 aromatic carbocycles. The van der Waals surface area contributed by atoms with E-state index in [2.05, 4.69) is 4.98 Å². The topological polar surface area (TPSA) is 37.8 Å². The van der Waals surface area contributed by atoms with E-state index in [1.165, 1.54) is 10.6 Å². The molecule has 0 aliphatic heterocycles. The number of rotatable bonds is 2. The zero-order chi connectivity index (χ0) is 15.7. The van der Waals surface area contributed by atoms with Gasteiger partial charge in [-0.1, -0.05) is 35.3 Å². The molecule has 22 heavy (non-hydrogen) atoms. The molecule has 110 valence electrons. The predicted molar refractivity (Wildman–Crippen MR) is 92.7 cm³/mol. The summed E-state index contributed by atoms with van der Waals surface area (Å²) in [5.41, 5.74) is 1.87. The standard InChI is InChI=1S/C16H10Cl2N2OS/c17-11-4-6-13(7-5-11)20-15(21)9-14(19-16(20)22)10-2-1-3-12(18)8-10/h1-9H,(H,19,22). The maximum Gasteiger partial charge on any atom is 0.259 e. The van der Waals surface area contributed by atoms with Crippen molar-refractivity contribution in [3.8, 4) is 16.9 Å². The lowest BCUT2D eigenvalue weighted by atomic mass is 10.1. The minimum absolute atomic E-state index is 0.221. The first-order valence-electron chi connectivity index (χ1n) is 6.43. The van der Waals surface area contributed by atoms with Crippen molar-refractivity contribution < 1.29 is 0 Å². The second-order valence-corrected chi connectivity index (χ2v) is 5.91. The van der Waals surface area contributed by atoms with Gasteiger partial charge in [0.1, 0.15) is 0 Å². The van der Waals surface area contributed by atoms with Crippen LogP contribution in [0.25, 0.3) is 16.9 Å². The van der Waals surface area contributed by atoms with Crippen LogP contribution < -0.4 is 5.56 Å². The minimum Gasteiger partial charge on any atom is -0.331 e. The van der Waals surface area contributed by atoms with Gasteiger partial charge in [0, 0.05) is 16.1 Å². The first-order valence-corrected chi connectivity index (χ1v) is 7.59. The Labute approximate surface area is 141 Å². The lowest BCUT2D eigenvalue weighted by molar-refractivity contribution is 0.917. The van der Waals surface area contributed by atoms with E-state index in [1.54, 1.807) is 36.4 Å². The van der Waals surface area contributed by atoms with Gasteiger partial charge < -0.3 is 4.98 Å². The monoisotopic (exact) mass is 348 g/mol. The minimum atomic E-state index is -0.221. The molecule has 0 aliphatic rings. The molecule has 3 aromatic rings. The van der Waals surface area contributed by atoms with Gasteiger partial charge >= 0.3 is 0 Å². The molecule has 3 rings (SSSR count). The van der Waals surface area contributed by atoms with E-state index >= 15 is 0 Å². The molecular formula is C16H10Cl2N2OS. The fourth-order valence-corrected chi connectivity index (χ4v) is 2.76. The molecule has 0 spiro atoms. The van der Waals surface area contributed by atoms with Gasteiger partial charge in [0.05, 0.1) is 11.4 Å².